The minimum absolute atomic E-state index is 0.328. The lowest BCUT2D eigenvalue weighted by molar-refractivity contribution is 0.184. The molecule has 0 saturated heterocycles. The van der Waals surface area contributed by atoms with E-state index in [9.17, 15) is 0 Å². The Hall–Kier alpha value is -1.69. The van der Waals surface area contributed by atoms with Gasteiger partial charge in [-0.3, -0.25) is 5.43 Å². The summed E-state index contributed by atoms with van der Waals surface area (Å²) in [6.07, 6.45) is 7.83. The van der Waals surface area contributed by atoms with Crippen molar-refractivity contribution in [3.05, 3.63) is 50.6 Å². The second kappa shape index (κ2) is 8.21. The lowest BCUT2D eigenvalue weighted by Crippen LogP contribution is -2.28. The van der Waals surface area contributed by atoms with Gasteiger partial charge in [-0.25, -0.2) is 9.97 Å². The van der Waals surface area contributed by atoms with E-state index in [0.29, 0.717) is 26.9 Å². The van der Waals surface area contributed by atoms with Crippen LogP contribution in [0.1, 0.15) is 49.6 Å². The molecular weight excluding hydrogens is 423 g/mol. The minimum atomic E-state index is 0.328. The molecule has 0 amide bonds. The molecule has 1 aliphatic rings. The molecule has 0 fully saturated rings. The van der Waals surface area contributed by atoms with E-state index >= 15 is 0 Å². The fourth-order valence-corrected chi connectivity index (χ4v) is 5.62. The highest BCUT2D eigenvalue weighted by atomic mass is 35.5. The third-order valence-electron chi connectivity index (χ3n) is 6.22. The molecule has 0 spiro atoms. The second-order valence-corrected chi connectivity index (χ2v) is 10.1. The molecule has 1 atom stereocenters. The van der Waals surface area contributed by atoms with Crippen LogP contribution in [0.25, 0.3) is 10.2 Å². The third-order valence-corrected chi connectivity index (χ3v) is 8.08. The van der Waals surface area contributed by atoms with Gasteiger partial charge in [-0.1, -0.05) is 56.5 Å². The van der Waals surface area contributed by atoms with Gasteiger partial charge in [0.15, 0.2) is 5.82 Å². The molecule has 1 aliphatic carbocycles. The number of hydrogen-bond donors (Lipinski definition) is 1. The van der Waals surface area contributed by atoms with Crippen LogP contribution in [0.2, 0.25) is 10.0 Å². The molecule has 0 unspecified atom stereocenters. The Bertz CT molecular complexity index is 1050. The lowest BCUT2D eigenvalue weighted by atomic mass is 9.69. The number of nitrogens with zero attached hydrogens (tertiary/aromatic N) is 3. The number of aryl methyl sites for hydroxylation is 1. The number of hydrazone groups is 1. The zero-order chi connectivity index (χ0) is 20.6. The van der Waals surface area contributed by atoms with Crippen LogP contribution in [0, 0.1) is 11.3 Å². The van der Waals surface area contributed by atoms with Crippen molar-refractivity contribution in [2.45, 2.75) is 46.5 Å². The van der Waals surface area contributed by atoms with Gasteiger partial charge in [0.2, 0.25) is 0 Å². The van der Waals surface area contributed by atoms with Crippen molar-refractivity contribution in [2.75, 3.05) is 5.43 Å². The predicted molar refractivity (Wildman–Crippen MR) is 125 cm³/mol. The molecule has 0 aliphatic heterocycles. The number of halogens is 2. The van der Waals surface area contributed by atoms with Crippen molar-refractivity contribution in [3.8, 4) is 0 Å². The Kier molecular flexibility index (Phi) is 5.83. The van der Waals surface area contributed by atoms with Crippen LogP contribution in [0.4, 0.5) is 5.82 Å². The van der Waals surface area contributed by atoms with Gasteiger partial charge in [-0.15, -0.1) is 11.3 Å². The highest BCUT2D eigenvalue weighted by Gasteiger charge is 2.33. The SMILES string of the molecule is CCC(C)(C)[C@@H]1CCc2sc3ncnc(N/N=C\c4c(Cl)cccc4Cl)c3c2C1. The molecule has 0 radical (unpaired) electrons. The number of fused-ring (bicyclic) bond motifs is 3. The Morgan fingerprint density at radius 2 is 2.03 bits per heavy atom. The predicted octanol–water partition coefficient (Wildman–Crippen LogP) is 6.99. The first kappa shape index (κ1) is 20.6. The van der Waals surface area contributed by atoms with Gasteiger partial charge in [0.25, 0.3) is 0 Å². The quantitative estimate of drug-likeness (QED) is 0.339. The fourth-order valence-electron chi connectivity index (χ4n) is 3.94. The summed E-state index contributed by atoms with van der Waals surface area (Å²) in [5.74, 6) is 1.40. The van der Waals surface area contributed by atoms with Gasteiger partial charge in [0.05, 0.1) is 21.6 Å². The Labute approximate surface area is 185 Å². The number of thiophene rings is 1. The van der Waals surface area contributed by atoms with Crippen molar-refractivity contribution in [1.29, 1.82) is 0 Å². The molecule has 29 heavy (non-hydrogen) atoms. The van der Waals surface area contributed by atoms with Crippen molar-refractivity contribution < 1.29 is 0 Å². The average molecular weight is 447 g/mol. The number of anilines is 1. The summed E-state index contributed by atoms with van der Waals surface area (Å²) in [7, 11) is 0. The Morgan fingerprint density at radius 1 is 1.28 bits per heavy atom. The number of benzene rings is 1. The monoisotopic (exact) mass is 446 g/mol. The molecule has 2 aromatic heterocycles. The van der Waals surface area contributed by atoms with Crippen molar-refractivity contribution in [3.63, 3.8) is 0 Å². The molecule has 3 aromatic rings. The van der Waals surface area contributed by atoms with Gasteiger partial charge in [-0.05, 0) is 48.3 Å². The van der Waals surface area contributed by atoms with Crippen LogP contribution in [0.15, 0.2) is 29.6 Å². The smallest absolute Gasteiger partial charge is 0.158 e. The number of rotatable bonds is 5. The van der Waals surface area contributed by atoms with E-state index in [0.717, 1.165) is 28.9 Å². The molecule has 4 rings (SSSR count). The average Bonchev–Trinajstić information content (AvgIpc) is 3.08. The van der Waals surface area contributed by atoms with Crippen molar-refractivity contribution in [2.24, 2.45) is 16.4 Å². The standard InChI is InChI=1S/C22H24Cl2N4S/c1-4-22(2,3)13-8-9-18-14(10-13)19-20(25-12-26-21(19)29-18)28-27-11-15-16(23)6-5-7-17(15)24/h5-7,11-13H,4,8-10H2,1-3H3,(H,25,26,28)/b27-11-/t13-/m1/s1. The van der Waals surface area contributed by atoms with Gasteiger partial charge in [0.1, 0.15) is 11.2 Å². The maximum absolute atomic E-state index is 6.23. The molecule has 1 N–H and O–H groups in total. The summed E-state index contributed by atoms with van der Waals surface area (Å²) in [5, 5.41) is 6.60. The van der Waals surface area contributed by atoms with Crippen LogP contribution < -0.4 is 5.43 Å². The van der Waals surface area contributed by atoms with E-state index in [-0.39, 0.29) is 0 Å². The van der Waals surface area contributed by atoms with Gasteiger partial charge in [-0.2, -0.15) is 5.10 Å². The number of aromatic nitrogens is 2. The van der Waals surface area contributed by atoms with E-state index < -0.39 is 0 Å². The van der Waals surface area contributed by atoms with Crippen LogP contribution in [-0.4, -0.2) is 16.2 Å². The molecule has 0 bridgehead atoms. The molecule has 0 saturated carbocycles. The lowest BCUT2D eigenvalue weighted by Gasteiger charge is -2.36. The minimum Gasteiger partial charge on any atom is -0.261 e. The van der Waals surface area contributed by atoms with Crippen LogP contribution >= 0.6 is 34.5 Å². The summed E-state index contributed by atoms with van der Waals surface area (Å²) >= 11 is 14.2. The zero-order valence-electron chi connectivity index (χ0n) is 16.8. The summed E-state index contributed by atoms with van der Waals surface area (Å²) in [5.41, 5.74) is 5.50. The van der Waals surface area contributed by atoms with Gasteiger partial charge in [0, 0.05) is 10.4 Å². The number of hydrogen-bond acceptors (Lipinski definition) is 5. The molecule has 2 heterocycles. The summed E-state index contributed by atoms with van der Waals surface area (Å²) in [6, 6.07) is 5.40. The highest BCUT2D eigenvalue weighted by molar-refractivity contribution is 7.19. The number of nitrogens with one attached hydrogen (secondary N) is 1. The first-order chi connectivity index (χ1) is 13.9. The molecule has 1 aromatic carbocycles. The Morgan fingerprint density at radius 3 is 2.76 bits per heavy atom. The van der Waals surface area contributed by atoms with E-state index in [1.807, 2.05) is 6.07 Å². The normalized spacial score (nSPS) is 17.1. The van der Waals surface area contributed by atoms with Crippen LogP contribution in [0.5, 0.6) is 0 Å². The topological polar surface area (TPSA) is 50.2 Å². The summed E-state index contributed by atoms with van der Waals surface area (Å²) in [4.78, 5) is 11.5. The second-order valence-electron chi connectivity index (χ2n) is 8.19. The maximum Gasteiger partial charge on any atom is 0.158 e. The highest BCUT2D eigenvalue weighted by Crippen LogP contribution is 2.45. The van der Waals surface area contributed by atoms with Crippen molar-refractivity contribution >= 4 is 56.8 Å². The van der Waals surface area contributed by atoms with Gasteiger partial charge < -0.3 is 0 Å². The Balaban J connectivity index is 1.66. The third kappa shape index (κ3) is 4.00. The van der Waals surface area contributed by atoms with Crippen LogP contribution in [-0.2, 0) is 12.8 Å². The summed E-state index contributed by atoms with van der Waals surface area (Å²) in [6.45, 7) is 7.04. The fraction of sp³-hybridized carbons (Fsp3) is 0.409. The maximum atomic E-state index is 6.23. The van der Waals surface area contributed by atoms with E-state index in [1.54, 1.807) is 36.0 Å². The molecule has 152 valence electrons. The summed E-state index contributed by atoms with van der Waals surface area (Å²) < 4.78 is 0. The van der Waals surface area contributed by atoms with Gasteiger partial charge >= 0.3 is 0 Å². The first-order valence-electron chi connectivity index (χ1n) is 9.89. The largest absolute Gasteiger partial charge is 0.261 e. The van der Waals surface area contributed by atoms with E-state index in [1.165, 1.54) is 23.3 Å². The van der Waals surface area contributed by atoms with E-state index in [2.05, 4.69) is 41.3 Å². The molecule has 7 heteroatoms. The van der Waals surface area contributed by atoms with Crippen molar-refractivity contribution in [1.82, 2.24) is 9.97 Å². The van der Waals surface area contributed by atoms with E-state index in [4.69, 9.17) is 23.2 Å². The van der Waals surface area contributed by atoms with Crippen LogP contribution in [0.3, 0.4) is 0 Å². The molecule has 4 nitrogen and oxygen atoms in total. The first-order valence-corrected chi connectivity index (χ1v) is 11.5. The zero-order valence-corrected chi connectivity index (χ0v) is 19.1. The molecular formula is C22H24Cl2N4S.